The molecule has 0 aromatic heterocycles. The van der Waals surface area contributed by atoms with Crippen molar-refractivity contribution in [3.63, 3.8) is 0 Å². The van der Waals surface area contributed by atoms with Crippen molar-refractivity contribution in [2.24, 2.45) is 0 Å². The Morgan fingerprint density at radius 2 is 2.10 bits per heavy atom. The lowest BCUT2D eigenvalue weighted by Crippen LogP contribution is -2.38. The minimum atomic E-state index is -4.35. The van der Waals surface area contributed by atoms with Crippen LogP contribution in [0.2, 0.25) is 0 Å². The second-order valence-corrected chi connectivity index (χ2v) is 4.58. The van der Waals surface area contributed by atoms with Gasteiger partial charge in [0.2, 0.25) is 0 Å². The molecule has 0 unspecified atom stereocenters. The number of nitrogens with zero attached hydrogens (tertiary/aromatic N) is 1. The molecule has 0 aliphatic heterocycles. The standard InChI is InChI=1S/C12H13F3N2O3/c1-2-20-10-7-8(3-4-9(10)17(18)19)16-11(5-6-11)12(13,14)15/h3-4,7,16H,2,5-6H2,1H3. The third-order valence-corrected chi connectivity index (χ3v) is 3.13. The third-order valence-electron chi connectivity index (χ3n) is 3.13. The zero-order valence-corrected chi connectivity index (χ0v) is 10.7. The predicted octanol–water partition coefficient (Wildman–Crippen LogP) is 3.50. The van der Waals surface area contributed by atoms with Crippen molar-refractivity contribution in [2.45, 2.75) is 31.5 Å². The molecule has 20 heavy (non-hydrogen) atoms. The number of hydrogen-bond acceptors (Lipinski definition) is 4. The summed E-state index contributed by atoms with van der Waals surface area (Å²) < 4.78 is 43.6. The van der Waals surface area contributed by atoms with E-state index in [1.807, 2.05) is 0 Å². The predicted molar refractivity (Wildman–Crippen MR) is 65.9 cm³/mol. The molecule has 8 heteroatoms. The van der Waals surface area contributed by atoms with Crippen molar-refractivity contribution >= 4 is 11.4 Å². The molecule has 110 valence electrons. The average Bonchev–Trinajstić information content (AvgIpc) is 3.09. The topological polar surface area (TPSA) is 64.4 Å². The van der Waals surface area contributed by atoms with Crippen molar-refractivity contribution in [3.05, 3.63) is 28.3 Å². The molecule has 2 rings (SSSR count). The first-order chi connectivity index (χ1) is 9.29. The second kappa shape index (κ2) is 4.84. The van der Waals surface area contributed by atoms with E-state index in [9.17, 15) is 23.3 Å². The SMILES string of the molecule is CCOc1cc(NC2(C(F)(F)F)CC2)ccc1[N+](=O)[O-]. The summed E-state index contributed by atoms with van der Waals surface area (Å²) in [4.78, 5) is 10.2. The summed E-state index contributed by atoms with van der Waals surface area (Å²) in [6, 6.07) is 3.62. The van der Waals surface area contributed by atoms with Gasteiger partial charge >= 0.3 is 11.9 Å². The van der Waals surface area contributed by atoms with Crippen LogP contribution in [0.1, 0.15) is 19.8 Å². The number of nitro benzene ring substituents is 1. The van der Waals surface area contributed by atoms with Gasteiger partial charge in [0.05, 0.1) is 11.5 Å². The molecule has 1 aliphatic carbocycles. The normalized spacial score (nSPS) is 16.6. The van der Waals surface area contributed by atoms with Crippen molar-refractivity contribution < 1.29 is 22.8 Å². The van der Waals surface area contributed by atoms with Crippen LogP contribution in [0.3, 0.4) is 0 Å². The van der Waals surface area contributed by atoms with Gasteiger partial charge in [-0.15, -0.1) is 0 Å². The maximum absolute atomic E-state index is 12.8. The van der Waals surface area contributed by atoms with Crippen LogP contribution in [0.5, 0.6) is 5.75 Å². The van der Waals surface area contributed by atoms with Crippen LogP contribution < -0.4 is 10.1 Å². The molecular formula is C12H13F3N2O3. The van der Waals surface area contributed by atoms with Crippen molar-refractivity contribution in [1.29, 1.82) is 0 Å². The number of nitrogens with one attached hydrogen (secondary N) is 1. The molecule has 1 saturated carbocycles. The second-order valence-electron chi connectivity index (χ2n) is 4.58. The van der Waals surface area contributed by atoms with Crippen LogP contribution in [0.15, 0.2) is 18.2 Å². The van der Waals surface area contributed by atoms with E-state index in [2.05, 4.69) is 5.32 Å². The summed E-state index contributed by atoms with van der Waals surface area (Å²) in [5.41, 5.74) is -2.02. The van der Waals surface area contributed by atoms with Crippen molar-refractivity contribution in [2.75, 3.05) is 11.9 Å². The monoisotopic (exact) mass is 290 g/mol. The van der Waals surface area contributed by atoms with Gasteiger partial charge in [0.25, 0.3) is 0 Å². The quantitative estimate of drug-likeness (QED) is 0.666. The van der Waals surface area contributed by atoms with Crippen LogP contribution in [0.4, 0.5) is 24.5 Å². The molecular weight excluding hydrogens is 277 g/mol. The summed E-state index contributed by atoms with van der Waals surface area (Å²) in [6.45, 7) is 1.83. The number of halogens is 3. The number of anilines is 1. The zero-order chi connectivity index (χ0) is 15.0. The van der Waals surface area contributed by atoms with E-state index >= 15 is 0 Å². The fourth-order valence-electron chi connectivity index (χ4n) is 1.89. The van der Waals surface area contributed by atoms with Gasteiger partial charge in [-0.2, -0.15) is 13.2 Å². The Labute approximate surface area is 112 Å². The van der Waals surface area contributed by atoms with Gasteiger partial charge < -0.3 is 10.1 Å². The maximum atomic E-state index is 12.8. The molecule has 1 N–H and O–H groups in total. The van der Waals surface area contributed by atoms with Crippen LogP contribution >= 0.6 is 0 Å². The van der Waals surface area contributed by atoms with E-state index in [-0.39, 0.29) is 36.6 Å². The molecule has 0 saturated heterocycles. The van der Waals surface area contributed by atoms with Gasteiger partial charge in [0, 0.05) is 17.8 Å². The Kier molecular flexibility index (Phi) is 3.49. The first-order valence-corrected chi connectivity index (χ1v) is 6.05. The Hall–Kier alpha value is -1.99. The minimum absolute atomic E-state index is 0.00252. The van der Waals surface area contributed by atoms with E-state index in [0.717, 1.165) is 6.07 Å². The highest BCUT2D eigenvalue weighted by Crippen LogP contribution is 2.51. The Bertz CT molecular complexity index is 527. The van der Waals surface area contributed by atoms with E-state index < -0.39 is 16.6 Å². The first-order valence-electron chi connectivity index (χ1n) is 6.05. The molecule has 0 bridgehead atoms. The maximum Gasteiger partial charge on any atom is 0.411 e. The number of hydrogen-bond donors (Lipinski definition) is 1. The van der Waals surface area contributed by atoms with Gasteiger partial charge in [-0.1, -0.05) is 0 Å². The number of ether oxygens (including phenoxy) is 1. The molecule has 1 fully saturated rings. The molecule has 0 atom stereocenters. The Balaban J connectivity index is 2.26. The highest BCUT2D eigenvalue weighted by atomic mass is 19.4. The molecule has 0 amide bonds. The highest BCUT2D eigenvalue weighted by Gasteiger charge is 2.63. The summed E-state index contributed by atoms with van der Waals surface area (Å²) in [6.07, 6.45) is -4.35. The first kappa shape index (κ1) is 14.4. The zero-order valence-electron chi connectivity index (χ0n) is 10.7. The number of benzene rings is 1. The third kappa shape index (κ3) is 2.63. The van der Waals surface area contributed by atoms with Gasteiger partial charge in [-0.05, 0) is 25.8 Å². The lowest BCUT2D eigenvalue weighted by molar-refractivity contribution is -0.385. The molecule has 0 radical (unpaired) electrons. The van der Waals surface area contributed by atoms with E-state index in [1.165, 1.54) is 12.1 Å². The van der Waals surface area contributed by atoms with Gasteiger partial charge in [0.1, 0.15) is 5.54 Å². The van der Waals surface area contributed by atoms with E-state index in [4.69, 9.17) is 4.74 Å². The largest absolute Gasteiger partial charge is 0.487 e. The van der Waals surface area contributed by atoms with Gasteiger partial charge in [0.15, 0.2) is 5.75 Å². The number of nitro groups is 1. The number of rotatable bonds is 5. The average molecular weight is 290 g/mol. The highest BCUT2D eigenvalue weighted by molar-refractivity contribution is 5.59. The summed E-state index contributed by atoms with van der Waals surface area (Å²) >= 11 is 0. The summed E-state index contributed by atoms with van der Waals surface area (Å²) in [5.74, 6) is -0.0412. The molecule has 5 nitrogen and oxygen atoms in total. The minimum Gasteiger partial charge on any atom is -0.487 e. The van der Waals surface area contributed by atoms with Gasteiger partial charge in [-0.3, -0.25) is 10.1 Å². The lowest BCUT2D eigenvalue weighted by Gasteiger charge is -2.22. The van der Waals surface area contributed by atoms with Crippen LogP contribution in [-0.4, -0.2) is 23.2 Å². The van der Waals surface area contributed by atoms with Crippen LogP contribution in [-0.2, 0) is 0 Å². The fourth-order valence-corrected chi connectivity index (χ4v) is 1.89. The van der Waals surface area contributed by atoms with Crippen LogP contribution in [0.25, 0.3) is 0 Å². The molecule has 1 aromatic carbocycles. The molecule has 1 aliphatic rings. The van der Waals surface area contributed by atoms with Gasteiger partial charge in [-0.25, -0.2) is 0 Å². The Morgan fingerprint density at radius 1 is 1.45 bits per heavy atom. The smallest absolute Gasteiger partial charge is 0.411 e. The Morgan fingerprint density at radius 3 is 2.55 bits per heavy atom. The van der Waals surface area contributed by atoms with Crippen molar-refractivity contribution in [3.8, 4) is 5.75 Å². The van der Waals surface area contributed by atoms with Crippen LogP contribution in [0, 0.1) is 10.1 Å². The van der Waals surface area contributed by atoms with E-state index in [1.54, 1.807) is 6.92 Å². The lowest BCUT2D eigenvalue weighted by atomic mass is 10.2. The van der Waals surface area contributed by atoms with E-state index in [0.29, 0.717) is 0 Å². The molecule has 1 aromatic rings. The summed E-state index contributed by atoms with van der Waals surface area (Å²) in [7, 11) is 0. The molecule has 0 spiro atoms. The summed E-state index contributed by atoms with van der Waals surface area (Å²) in [5, 5.41) is 13.2. The van der Waals surface area contributed by atoms with Crippen molar-refractivity contribution in [1.82, 2.24) is 0 Å². The number of alkyl halides is 3. The molecule has 0 heterocycles. The fraction of sp³-hybridized carbons (Fsp3) is 0.500.